The first-order valence-corrected chi connectivity index (χ1v) is 10.3. The lowest BCUT2D eigenvalue weighted by molar-refractivity contribution is 0.580. The molecule has 0 atom stereocenters. The number of fused-ring (bicyclic) bond motifs is 1. The summed E-state index contributed by atoms with van der Waals surface area (Å²) in [6.45, 7) is 3.37. The highest BCUT2D eigenvalue weighted by molar-refractivity contribution is 5.95. The Morgan fingerprint density at radius 2 is 1.85 bits per heavy atom. The molecule has 1 aliphatic carbocycles. The van der Waals surface area contributed by atoms with Gasteiger partial charge in [0.25, 0.3) is 0 Å². The molecule has 1 aliphatic rings. The van der Waals surface area contributed by atoms with Crippen molar-refractivity contribution in [2.45, 2.75) is 51.9 Å². The summed E-state index contributed by atoms with van der Waals surface area (Å²) in [5.41, 5.74) is 6.44. The molecule has 3 aromatic rings. The lowest BCUT2D eigenvalue weighted by Crippen LogP contribution is -2.11. The number of rotatable bonds is 7. The van der Waals surface area contributed by atoms with Gasteiger partial charge in [0.15, 0.2) is 0 Å². The predicted molar refractivity (Wildman–Crippen MR) is 113 cm³/mol. The van der Waals surface area contributed by atoms with Crippen LogP contribution in [-0.2, 0) is 6.42 Å². The minimum absolute atomic E-state index is 0.841. The van der Waals surface area contributed by atoms with E-state index in [0.29, 0.717) is 0 Å². The molecule has 0 radical (unpaired) electrons. The van der Waals surface area contributed by atoms with Gasteiger partial charge in [-0.1, -0.05) is 56.5 Å². The highest BCUT2D eigenvalue weighted by Gasteiger charge is 2.16. The van der Waals surface area contributed by atoms with Gasteiger partial charge in [-0.05, 0) is 60.9 Å². The fraction of sp³-hybridized carbons (Fsp3) is 0.417. The molecule has 136 valence electrons. The first-order valence-electron chi connectivity index (χ1n) is 10.3. The summed E-state index contributed by atoms with van der Waals surface area (Å²) in [7, 11) is 0. The van der Waals surface area contributed by atoms with Crippen molar-refractivity contribution < 1.29 is 0 Å². The number of anilines is 1. The third-order valence-electron chi connectivity index (χ3n) is 5.75. The van der Waals surface area contributed by atoms with E-state index in [-0.39, 0.29) is 0 Å². The zero-order chi connectivity index (χ0) is 17.8. The summed E-state index contributed by atoms with van der Waals surface area (Å²) in [6.07, 6.45) is 9.22. The molecule has 2 heteroatoms. The van der Waals surface area contributed by atoms with Crippen LogP contribution in [0.2, 0.25) is 0 Å². The van der Waals surface area contributed by atoms with Crippen molar-refractivity contribution in [3.05, 3.63) is 54.1 Å². The molecule has 4 rings (SSSR count). The molecule has 0 aliphatic heterocycles. The lowest BCUT2D eigenvalue weighted by atomic mass is 10.0. The van der Waals surface area contributed by atoms with E-state index in [1.165, 1.54) is 71.9 Å². The van der Waals surface area contributed by atoms with Crippen molar-refractivity contribution in [1.29, 1.82) is 0 Å². The van der Waals surface area contributed by atoms with Gasteiger partial charge in [-0.25, -0.2) is 0 Å². The number of nitrogens with one attached hydrogen (secondary N) is 2. The van der Waals surface area contributed by atoms with Gasteiger partial charge in [0.05, 0.1) is 11.2 Å². The van der Waals surface area contributed by atoms with Crippen molar-refractivity contribution in [1.82, 2.24) is 4.98 Å². The Morgan fingerprint density at radius 3 is 2.62 bits per heavy atom. The normalized spacial score (nSPS) is 15.0. The lowest BCUT2D eigenvalue weighted by Gasteiger charge is -2.14. The number of aromatic nitrogens is 1. The first-order chi connectivity index (χ1) is 12.8. The highest BCUT2D eigenvalue weighted by Crippen LogP contribution is 2.32. The van der Waals surface area contributed by atoms with Crippen LogP contribution in [0.25, 0.3) is 22.2 Å². The first kappa shape index (κ1) is 17.2. The summed E-state index contributed by atoms with van der Waals surface area (Å²) in [4.78, 5) is 3.68. The molecule has 2 aromatic carbocycles. The van der Waals surface area contributed by atoms with E-state index in [0.717, 1.165) is 18.9 Å². The van der Waals surface area contributed by atoms with E-state index >= 15 is 0 Å². The predicted octanol–water partition coefficient (Wildman–Crippen LogP) is 6.78. The molecular weight excluding hydrogens is 316 g/mol. The van der Waals surface area contributed by atoms with Crippen molar-refractivity contribution in [3.8, 4) is 11.3 Å². The summed E-state index contributed by atoms with van der Waals surface area (Å²) in [6, 6.07) is 17.7. The third kappa shape index (κ3) is 3.80. The van der Waals surface area contributed by atoms with E-state index in [9.17, 15) is 0 Å². The van der Waals surface area contributed by atoms with Gasteiger partial charge in [0.1, 0.15) is 0 Å². The molecule has 1 aromatic heterocycles. The number of unbranched alkanes of at least 4 members (excludes halogenated alkanes) is 1. The molecule has 0 saturated heterocycles. The molecule has 0 bridgehead atoms. The van der Waals surface area contributed by atoms with Crippen LogP contribution in [-0.4, -0.2) is 11.5 Å². The van der Waals surface area contributed by atoms with Crippen LogP contribution in [0, 0.1) is 5.92 Å². The van der Waals surface area contributed by atoms with Crippen LogP contribution in [0.5, 0.6) is 0 Å². The fourth-order valence-corrected chi connectivity index (χ4v) is 4.21. The molecule has 1 heterocycles. The minimum Gasteiger partial charge on any atom is -0.383 e. The highest BCUT2D eigenvalue weighted by atomic mass is 14.9. The smallest absolute Gasteiger partial charge is 0.0694 e. The average Bonchev–Trinajstić information content (AvgIpc) is 3.34. The Labute approximate surface area is 157 Å². The summed E-state index contributed by atoms with van der Waals surface area (Å²) in [5.74, 6) is 0.841. The van der Waals surface area contributed by atoms with Crippen LogP contribution in [0.1, 0.15) is 51.0 Å². The SMILES string of the molecule is CCCCc1cc(NCC2CCCC2)c2[nH]c(-c3ccccc3)cc2c1. The van der Waals surface area contributed by atoms with Crippen LogP contribution >= 0.6 is 0 Å². The Hall–Kier alpha value is -2.22. The molecule has 0 unspecified atom stereocenters. The average molecular weight is 347 g/mol. The maximum Gasteiger partial charge on any atom is 0.0694 e. The maximum atomic E-state index is 3.78. The van der Waals surface area contributed by atoms with Gasteiger partial charge in [-0.3, -0.25) is 0 Å². The topological polar surface area (TPSA) is 27.8 Å². The quantitative estimate of drug-likeness (QED) is 0.485. The van der Waals surface area contributed by atoms with E-state index in [2.05, 4.69) is 65.8 Å². The molecule has 2 nitrogen and oxygen atoms in total. The molecule has 0 amide bonds. The van der Waals surface area contributed by atoms with Crippen LogP contribution in [0.3, 0.4) is 0 Å². The Morgan fingerprint density at radius 1 is 1.04 bits per heavy atom. The number of H-pyrrole nitrogens is 1. The van der Waals surface area contributed by atoms with Gasteiger partial charge in [-0.15, -0.1) is 0 Å². The second-order valence-corrected chi connectivity index (χ2v) is 7.79. The Kier molecular flexibility index (Phi) is 5.29. The Bertz CT molecular complexity index is 841. The van der Waals surface area contributed by atoms with Crippen molar-refractivity contribution in [2.24, 2.45) is 5.92 Å². The molecule has 1 fully saturated rings. The number of hydrogen-bond donors (Lipinski definition) is 2. The van der Waals surface area contributed by atoms with Crippen molar-refractivity contribution in [3.63, 3.8) is 0 Å². The van der Waals surface area contributed by atoms with Crippen LogP contribution in [0.4, 0.5) is 5.69 Å². The van der Waals surface area contributed by atoms with Crippen LogP contribution < -0.4 is 5.32 Å². The third-order valence-corrected chi connectivity index (χ3v) is 5.75. The van der Waals surface area contributed by atoms with Gasteiger partial charge in [0.2, 0.25) is 0 Å². The second kappa shape index (κ2) is 7.99. The maximum absolute atomic E-state index is 3.78. The summed E-state index contributed by atoms with van der Waals surface area (Å²) in [5, 5.41) is 5.11. The van der Waals surface area contributed by atoms with Gasteiger partial charge in [-0.2, -0.15) is 0 Å². The zero-order valence-corrected chi connectivity index (χ0v) is 15.9. The van der Waals surface area contributed by atoms with Gasteiger partial charge >= 0.3 is 0 Å². The molecular formula is C24H30N2. The van der Waals surface area contributed by atoms with E-state index in [1.54, 1.807) is 0 Å². The van der Waals surface area contributed by atoms with E-state index in [4.69, 9.17) is 0 Å². The zero-order valence-electron chi connectivity index (χ0n) is 15.9. The van der Waals surface area contributed by atoms with E-state index in [1.807, 2.05) is 0 Å². The largest absolute Gasteiger partial charge is 0.383 e. The number of hydrogen-bond acceptors (Lipinski definition) is 1. The minimum atomic E-state index is 0.841. The number of aryl methyl sites for hydroxylation is 1. The standard InChI is InChI=1S/C24H30N2/c1-2-3-9-19-14-21-16-22(20-12-5-4-6-13-20)26-24(21)23(15-19)25-17-18-10-7-8-11-18/h4-6,12-16,18,25-26H,2-3,7-11,17H2,1H3. The van der Waals surface area contributed by atoms with Gasteiger partial charge < -0.3 is 10.3 Å². The van der Waals surface area contributed by atoms with Crippen LogP contribution in [0.15, 0.2) is 48.5 Å². The van der Waals surface area contributed by atoms with Crippen molar-refractivity contribution in [2.75, 3.05) is 11.9 Å². The molecule has 1 saturated carbocycles. The molecule has 0 spiro atoms. The number of aromatic amines is 1. The molecule has 2 N–H and O–H groups in total. The van der Waals surface area contributed by atoms with Crippen molar-refractivity contribution >= 4 is 16.6 Å². The Balaban J connectivity index is 1.67. The summed E-state index contributed by atoms with van der Waals surface area (Å²) < 4.78 is 0. The monoisotopic (exact) mass is 346 g/mol. The van der Waals surface area contributed by atoms with E-state index < -0.39 is 0 Å². The summed E-state index contributed by atoms with van der Waals surface area (Å²) >= 11 is 0. The second-order valence-electron chi connectivity index (χ2n) is 7.79. The fourth-order valence-electron chi connectivity index (χ4n) is 4.21. The van der Waals surface area contributed by atoms with Gasteiger partial charge in [0, 0.05) is 17.6 Å². The number of benzene rings is 2. The molecule has 26 heavy (non-hydrogen) atoms.